The molecule has 9 nitrogen and oxygen atoms in total. The van der Waals surface area contributed by atoms with Crippen LogP contribution in [0.15, 0.2) is 60.9 Å². The van der Waals surface area contributed by atoms with Crippen molar-refractivity contribution in [2.75, 3.05) is 23.7 Å². The number of amides is 1. The third kappa shape index (κ3) is 5.19. The maximum absolute atomic E-state index is 12.9. The molecule has 2 aromatic carbocycles. The summed E-state index contributed by atoms with van der Waals surface area (Å²) in [5.41, 5.74) is 10.0. The number of rotatable bonds is 6. The third-order valence-corrected chi connectivity index (χ3v) is 7.57. The first-order valence-corrected chi connectivity index (χ1v) is 13.6. The van der Waals surface area contributed by atoms with Gasteiger partial charge in [-0.25, -0.2) is 4.98 Å². The van der Waals surface area contributed by atoms with Gasteiger partial charge >= 0.3 is 0 Å². The minimum atomic E-state index is 0.0981. The highest BCUT2D eigenvalue weighted by atomic mass is 16.2. The first kappa shape index (κ1) is 24.4. The van der Waals surface area contributed by atoms with Crippen molar-refractivity contribution in [3.63, 3.8) is 0 Å². The number of nitrogens with two attached hydrogens (primary N) is 1. The van der Waals surface area contributed by atoms with Crippen molar-refractivity contribution in [1.29, 1.82) is 0 Å². The second kappa shape index (κ2) is 10.8. The lowest BCUT2D eigenvalue weighted by atomic mass is 9.92. The van der Waals surface area contributed by atoms with E-state index in [1.54, 1.807) is 6.33 Å². The van der Waals surface area contributed by atoms with Crippen molar-refractivity contribution in [2.24, 2.45) is 5.73 Å². The summed E-state index contributed by atoms with van der Waals surface area (Å²) in [6.07, 6.45) is 9.12. The number of hydrogen-bond acceptors (Lipinski definition) is 7. The molecule has 196 valence electrons. The Morgan fingerprint density at radius 1 is 0.895 bits per heavy atom. The van der Waals surface area contributed by atoms with E-state index >= 15 is 0 Å². The van der Waals surface area contributed by atoms with E-state index < -0.39 is 0 Å². The molecule has 0 unspecified atom stereocenters. The number of anilines is 3. The van der Waals surface area contributed by atoms with Crippen LogP contribution in [-0.4, -0.2) is 55.5 Å². The summed E-state index contributed by atoms with van der Waals surface area (Å²) < 4.78 is 1.98. The largest absolute Gasteiger partial charge is 0.351 e. The fourth-order valence-corrected chi connectivity index (χ4v) is 5.39. The number of fused-ring (bicyclic) bond motifs is 1. The molecule has 6 rings (SSSR count). The molecule has 1 saturated heterocycles. The number of piperidine rings is 1. The number of para-hydroxylation sites is 1. The number of aromatic nitrogens is 4. The van der Waals surface area contributed by atoms with Crippen molar-refractivity contribution in [3.05, 3.63) is 66.5 Å². The van der Waals surface area contributed by atoms with Crippen molar-refractivity contribution >= 4 is 34.5 Å². The highest BCUT2D eigenvalue weighted by Crippen LogP contribution is 2.28. The van der Waals surface area contributed by atoms with Crippen LogP contribution in [0.3, 0.4) is 0 Å². The van der Waals surface area contributed by atoms with Crippen LogP contribution in [0.1, 0.15) is 55.3 Å². The highest BCUT2D eigenvalue weighted by molar-refractivity contribution is 5.95. The average molecular weight is 511 g/mol. The van der Waals surface area contributed by atoms with E-state index in [1.807, 2.05) is 64.1 Å². The Balaban J connectivity index is 1.30. The highest BCUT2D eigenvalue weighted by Gasteiger charge is 2.22. The predicted octanol–water partition coefficient (Wildman–Crippen LogP) is 4.87. The Morgan fingerprint density at radius 3 is 2.37 bits per heavy atom. The van der Waals surface area contributed by atoms with Gasteiger partial charge in [0.15, 0.2) is 17.0 Å². The molecule has 0 spiro atoms. The molecule has 1 aliphatic carbocycles. The van der Waals surface area contributed by atoms with Gasteiger partial charge < -0.3 is 21.3 Å². The number of nitrogens with one attached hydrogen (secondary N) is 2. The van der Waals surface area contributed by atoms with Gasteiger partial charge in [0, 0.05) is 42.1 Å². The molecular weight excluding hydrogens is 476 g/mol. The Labute approximate surface area is 222 Å². The fraction of sp³-hybridized carbons (Fsp3) is 0.379. The summed E-state index contributed by atoms with van der Waals surface area (Å²) in [5, 5.41) is 6.97. The summed E-state index contributed by atoms with van der Waals surface area (Å²) in [7, 11) is 0. The second-order valence-electron chi connectivity index (χ2n) is 10.3. The van der Waals surface area contributed by atoms with E-state index in [1.165, 1.54) is 6.42 Å². The Hall–Kier alpha value is -3.98. The van der Waals surface area contributed by atoms with Crippen LogP contribution in [0.4, 0.5) is 17.5 Å². The lowest BCUT2D eigenvalue weighted by Gasteiger charge is -2.27. The zero-order chi connectivity index (χ0) is 25.9. The number of hydrogen-bond donors (Lipinski definition) is 3. The lowest BCUT2D eigenvalue weighted by Crippen LogP contribution is -2.35. The molecule has 4 N–H and O–H groups in total. The minimum Gasteiger partial charge on any atom is -0.351 e. The molecule has 0 radical (unpaired) electrons. The lowest BCUT2D eigenvalue weighted by molar-refractivity contribution is 0.0724. The van der Waals surface area contributed by atoms with Crippen LogP contribution in [0.5, 0.6) is 0 Å². The molecule has 2 aromatic heterocycles. The predicted molar refractivity (Wildman–Crippen MR) is 150 cm³/mol. The molecule has 3 heterocycles. The first-order valence-electron chi connectivity index (χ1n) is 13.6. The van der Waals surface area contributed by atoms with Gasteiger partial charge in [-0.15, -0.1) is 0 Å². The van der Waals surface area contributed by atoms with Gasteiger partial charge in [-0.2, -0.15) is 9.97 Å². The molecule has 1 aliphatic heterocycles. The molecule has 2 fully saturated rings. The summed E-state index contributed by atoms with van der Waals surface area (Å²) in [6.45, 7) is 1.68. The normalized spacial score (nSPS) is 19.9. The van der Waals surface area contributed by atoms with Crippen LogP contribution >= 0.6 is 0 Å². The Kier molecular flexibility index (Phi) is 6.92. The van der Waals surface area contributed by atoms with Crippen LogP contribution in [0.2, 0.25) is 0 Å². The molecule has 4 aromatic rings. The van der Waals surface area contributed by atoms with Crippen molar-refractivity contribution in [2.45, 2.75) is 57.0 Å². The summed E-state index contributed by atoms with van der Waals surface area (Å²) in [4.78, 5) is 29.2. The number of carbonyl (C=O) groups is 1. The first-order chi connectivity index (χ1) is 18.6. The van der Waals surface area contributed by atoms with Crippen LogP contribution in [-0.2, 0) is 0 Å². The third-order valence-electron chi connectivity index (χ3n) is 7.57. The van der Waals surface area contributed by atoms with E-state index in [0.717, 1.165) is 68.6 Å². The topological polar surface area (TPSA) is 114 Å². The summed E-state index contributed by atoms with van der Waals surface area (Å²) in [5.74, 6) is 1.28. The van der Waals surface area contributed by atoms with E-state index in [-0.39, 0.29) is 18.0 Å². The summed E-state index contributed by atoms with van der Waals surface area (Å²) >= 11 is 0. The second-order valence-corrected chi connectivity index (χ2v) is 10.3. The van der Waals surface area contributed by atoms with Crippen molar-refractivity contribution < 1.29 is 4.79 Å². The standard InChI is InChI=1S/C29H34N8O/c30-21-11-15-23(16-12-21)33-29-34-26(25-27(35-29)37(19-31-25)24-7-3-1-4-8-24)32-22-13-9-20(10-14-22)28(38)36-17-5-2-6-18-36/h1,3-4,7-10,13-14,19,21,23H,2,5-6,11-12,15-18,30H2,(H2,32,33,34,35)/t21-,23-. The molecule has 2 aliphatic rings. The fourth-order valence-electron chi connectivity index (χ4n) is 5.39. The number of imidazole rings is 1. The van der Waals surface area contributed by atoms with Gasteiger partial charge in [0.1, 0.15) is 6.33 Å². The van der Waals surface area contributed by atoms with Crippen LogP contribution in [0, 0.1) is 0 Å². The van der Waals surface area contributed by atoms with E-state index in [0.29, 0.717) is 22.8 Å². The van der Waals surface area contributed by atoms with E-state index in [2.05, 4.69) is 15.6 Å². The zero-order valence-corrected chi connectivity index (χ0v) is 21.5. The Bertz CT molecular complexity index is 1390. The number of likely N-dealkylation sites (tertiary alicyclic amines) is 1. The van der Waals surface area contributed by atoms with Crippen molar-refractivity contribution in [3.8, 4) is 5.69 Å². The average Bonchev–Trinajstić information content (AvgIpc) is 3.40. The van der Waals surface area contributed by atoms with Gasteiger partial charge in [0.05, 0.1) is 0 Å². The quantitative estimate of drug-likeness (QED) is 0.339. The number of carbonyl (C=O) groups excluding carboxylic acids is 1. The number of nitrogens with zero attached hydrogens (tertiary/aromatic N) is 5. The van der Waals surface area contributed by atoms with Crippen LogP contribution < -0.4 is 16.4 Å². The maximum Gasteiger partial charge on any atom is 0.253 e. The van der Waals surface area contributed by atoms with Gasteiger partial charge in [-0.1, -0.05) is 18.2 Å². The van der Waals surface area contributed by atoms with Crippen LogP contribution in [0.25, 0.3) is 16.9 Å². The van der Waals surface area contributed by atoms with Gasteiger partial charge in [-0.05, 0) is 81.3 Å². The molecule has 9 heteroatoms. The molecule has 1 saturated carbocycles. The van der Waals surface area contributed by atoms with E-state index in [4.69, 9.17) is 15.7 Å². The molecular formula is C29H34N8O. The smallest absolute Gasteiger partial charge is 0.253 e. The Morgan fingerprint density at radius 2 is 1.63 bits per heavy atom. The maximum atomic E-state index is 12.9. The van der Waals surface area contributed by atoms with Gasteiger partial charge in [0.2, 0.25) is 5.95 Å². The zero-order valence-electron chi connectivity index (χ0n) is 21.5. The van der Waals surface area contributed by atoms with E-state index in [9.17, 15) is 4.79 Å². The SMILES string of the molecule is N[C@H]1CC[C@H](Nc2nc(Nc3ccc(C(=O)N4CCCCC4)cc3)c3ncn(-c4ccccc4)c3n2)CC1. The van der Waals surface area contributed by atoms with Gasteiger partial charge in [-0.3, -0.25) is 9.36 Å². The van der Waals surface area contributed by atoms with Gasteiger partial charge in [0.25, 0.3) is 5.91 Å². The minimum absolute atomic E-state index is 0.0981. The molecule has 1 amide bonds. The summed E-state index contributed by atoms with van der Waals surface area (Å²) in [6, 6.07) is 18.2. The number of benzene rings is 2. The molecule has 0 bridgehead atoms. The van der Waals surface area contributed by atoms with Crippen molar-refractivity contribution in [1.82, 2.24) is 24.4 Å². The monoisotopic (exact) mass is 510 g/mol. The molecule has 38 heavy (non-hydrogen) atoms. The molecule has 0 atom stereocenters.